The van der Waals surface area contributed by atoms with Crippen LogP contribution in [-0.4, -0.2) is 92.1 Å². The Morgan fingerprint density at radius 2 is 1.42 bits per heavy atom. The minimum Gasteiger partial charge on any atom is -0.453 e. The molecular formula is C48H60ClFN8O6. The van der Waals surface area contributed by atoms with Gasteiger partial charge >= 0.3 is 12.2 Å². The van der Waals surface area contributed by atoms with Crippen molar-refractivity contribution in [2.45, 2.75) is 106 Å². The molecule has 0 spiro atoms. The largest absolute Gasteiger partial charge is 0.453 e. The van der Waals surface area contributed by atoms with Gasteiger partial charge in [0.1, 0.15) is 40.4 Å². The summed E-state index contributed by atoms with van der Waals surface area (Å²) in [4.78, 5) is 72.7. The third-order valence-corrected chi connectivity index (χ3v) is 13.9. The van der Waals surface area contributed by atoms with E-state index in [1.807, 2.05) is 82.8 Å². The number of halogens is 2. The fourth-order valence-electron chi connectivity index (χ4n) is 9.16. The predicted molar refractivity (Wildman–Crippen MR) is 245 cm³/mol. The highest BCUT2D eigenvalue weighted by molar-refractivity contribution is 6.32. The van der Waals surface area contributed by atoms with Crippen LogP contribution in [0.15, 0.2) is 48.5 Å². The number of fused-ring (bicyclic) bond motifs is 3. The van der Waals surface area contributed by atoms with Gasteiger partial charge in [-0.15, -0.1) is 0 Å². The lowest BCUT2D eigenvalue weighted by Crippen LogP contribution is -2.55. The first kappa shape index (κ1) is 46.3. The summed E-state index contributed by atoms with van der Waals surface area (Å²) in [7, 11) is 2.54. The number of aromatic amines is 2. The Hall–Kier alpha value is -5.70. The van der Waals surface area contributed by atoms with Crippen LogP contribution < -0.4 is 10.6 Å². The van der Waals surface area contributed by atoms with E-state index in [9.17, 15) is 19.2 Å². The van der Waals surface area contributed by atoms with Crippen LogP contribution in [0, 0.1) is 40.8 Å². The molecule has 342 valence electrons. The van der Waals surface area contributed by atoms with Gasteiger partial charge in [0.05, 0.1) is 37.8 Å². The number of H-pyrrole nitrogens is 2. The quantitative estimate of drug-likeness (QED) is 0.0905. The number of benzene rings is 3. The summed E-state index contributed by atoms with van der Waals surface area (Å²) in [5, 5.41) is 7.38. The summed E-state index contributed by atoms with van der Waals surface area (Å²) in [6.45, 7) is 19.9. The molecular weight excluding hydrogens is 839 g/mol. The van der Waals surface area contributed by atoms with Gasteiger partial charge in [-0.3, -0.25) is 9.59 Å². The summed E-state index contributed by atoms with van der Waals surface area (Å²) in [5.74, 6) is 0.846. The van der Waals surface area contributed by atoms with Gasteiger partial charge in [-0.05, 0) is 82.7 Å². The number of alkyl carbamates (subject to hydrolysis) is 2. The number of aromatic nitrogens is 4. The Morgan fingerprint density at radius 1 is 0.812 bits per heavy atom. The Morgan fingerprint density at radius 3 is 2.00 bits per heavy atom. The van der Waals surface area contributed by atoms with Crippen molar-refractivity contribution in [2.75, 3.05) is 14.2 Å². The number of nitrogens with zero attached hydrogens (tertiary/aromatic N) is 4. The van der Waals surface area contributed by atoms with Gasteiger partial charge in [-0.25, -0.2) is 23.9 Å². The SMILES string of the molecule is COC(=O)N[C@H](C(=O)N(C1C(C)[C@@H]1C)[C@@H](C)c1nc(-c2ccc(-c3ccc4c(ccc5[nH]c(CN(C(=O)[C@@H](NC(=O)OC)C(C)(C)C)C6C(C)[C@@H]6C)nc54)c3)cc2F)c(Cl)[nH]1)C(C)C. The average molecular weight is 900 g/mol. The van der Waals surface area contributed by atoms with Gasteiger partial charge in [0.25, 0.3) is 0 Å². The van der Waals surface area contributed by atoms with E-state index in [0.29, 0.717) is 17.2 Å². The Labute approximate surface area is 378 Å². The number of ether oxygens (including phenoxy) is 2. The number of hydrogen-bond donors (Lipinski definition) is 4. The van der Waals surface area contributed by atoms with Crippen molar-refractivity contribution in [3.63, 3.8) is 0 Å². The fraction of sp³-hybridized carbons (Fsp3) is 0.500. The van der Waals surface area contributed by atoms with E-state index in [1.165, 1.54) is 20.3 Å². The first-order valence-corrected chi connectivity index (χ1v) is 22.3. The van der Waals surface area contributed by atoms with Crippen LogP contribution in [0.2, 0.25) is 5.15 Å². The van der Waals surface area contributed by atoms with E-state index in [2.05, 4.69) is 48.3 Å². The molecule has 7 rings (SSSR count). The van der Waals surface area contributed by atoms with Crippen LogP contribution in [0.1, 0.15) is 86.9 Å². The second kappa shape index (κ2) is 17.7. The molecule has 2 fully saturated rings. The zero-order chi connectivity index (χ0) is 46.7. The van der Waals surface area contributed by atoms with Crippen LogP contribution in [0.4, 0.5) is 14.0 Å². The molecule has 2 heterocycles. The third kappa shape index (κ3) is 8.87. The molecule has 0 bridgehead atoms. The van der Waals surface area contributed by atoms with Crippen molar-refractivity contribution in [3.05, 3.63) is 71.2 Å². The molecule has 14 nitrogen and oxygen atoms in total. The van der Waals surface area contributed by atoms with E-state index in [-0.39, 0.29) is 76.4 Å². The third-order valence-electron chi connectivity index (χ3n) is 13.6. The summed E-state index contributed by atoms with van der Waals surface area (Å²) >= 11 is 6.72. The lowest BCUT2D eigenvalue weighted by atomic mass is 9.85. The highest BCUT2D eigenvalue weighted by atomic mass is 35.5. The molecule has 2 saturated carbocycles. The summed E-state index contributed by atoms with van der Waals surface area (Å²) in [5.41, 5.74) is 2.84. The van der Waals surface area contributed by atoms with Crippen LogP contribution >= 0.6 is 11.6 Å². The first-order valence-electron chi connectivity index (χ1n) is 21.9. The van der Waals surface area contributed by atoms with Gasteiger partial charge in [0, 0.05) is 23.0 Å². The maximum atomic E-state index is 16.2. The molecule has 9 atom stereocenters. The van der Waals surface area contributed by atoms with E-state index in [4.69, 9.17) is 31.0 Å². The molecule has 4 unspecified atom stereocenters. The molecule has 2 aromatic heterocycles. The summed E-state index contributed by atoms with van der Waals surface area (Å²) in [6, 6.07) is 12.4. The Bertz CT molecular complexity index is 2590. The van der Waals surface area contributed by atoms with Crippen molar-refractivity contribution in [2.24, 2.45) is 35.0 Å². The molecule has 2 aliphatic carbocycles. The molecule has 64 heavy (non-hydrogen) atoms. The maximum Gasteiger partial charge on any atom is 0.407 e. The number of carbonyl (C=O) groups excluding carboxylic acids is 4. The number of nitrogens with one attached hydrogen (secondary N) is 4. The zero-order valence-corrected chi connectivity index (χ0v) is 39.3. The molecule has 4 N–H and O–H groups in total. The summed E-state index contributed by atoms with van der Waals surface area (Å²) in [6.07, 6.45) is -1.36. The molecule has 16 heteroatoms. The van der Waals surface area contributed by atoms with E-state index < -0.39 is 41.5 Å². The Kier molecular flexibility index (Phi) is 12.8. The highest BCUT2D eigenvalue weighted by Crippen LogP contribution is 2.47. The molecule has 0 saturated heterocycles. The van der Waals surface area contributed by atoms with Crippen LogP contribution in [0.3, 0.4) is 0 Å². The minimum atomic E-state index is -0.832. The molecule has 2 aliphatic rings. The van der Waals surface area contributed by atoms with Crippen LogP contribution in [-0.2, 0) is 25.6 Å². The topological polar surface area (TPSA) is 175 Å². The first-order chi connectivity index (χ1) is 30.2. The lowest BCUT2D eigenvalue weighted by Gasteiger charge is -2.34. The van der Waals surface area contributed by atoms with Crippen molar-refractivity contribution in [1.29, 1.82) is 0 Å². The molecule has 4 amide bonds. The maximum absolute atomic E-state index is 16.2. The number of amides is 4. The summed E-state index contributed by atoms with van der Waals surface area (Å²) < 4.78 is 25.9. The van der Waals surface area contributed by atoms with Crippen molar-refractivity contribution >= 4 is 57.4 Å². The molecule has 3 aromatic carbocycles. The average Bonchev–Trinajstić information content (AvgIpc) is 3.81. The standard InChI is InChI=1S/C48H60ClFN8O6/c1-22(2)36(54-46(61)63-11)44(59)58(40-25(5)26(40)6)27(7)43-53-38(42(49)56-43)32-17-14-29(20-33(32)50)28-13-16-31-30(19-28)15-18-34-37(31)52-35(51-34)21-57(39-23(3)24(39)4)45(60)41(48(8,9)10)55-47(62)64-12/h13-20,22-27,36,39-41H,21H2,1-12H3,(H,51,52)(H,53,56)(H,54,61)(H,55,62)/t23-,24?,25-,26?,27-,36-,39?,40?,41+/m0/s1. The van der Waals surface area contributed by atoms with Crippen LogP contribution in [0.5, 0.6) is 0 Å². The van der Waals surface area contributed by atoms with Gasteiger partial charge in [0.15, 0.2) is 0 Å². The number of rotatable bonds is 13. The van der Waals surface area contributed by atoms with Gasteiger partial charge in [-0.1, -0.05) is 98.2 Å². The lowest BCUT2D eigenvalue weighted by molar-refractivity contribution is -0.138. The van der Waals surface area contributed by atoms with Crippen molar-refractivity contribution in [1.82, 2.24) is 40.4 Å². The highest BCUT2D eigenvalue weighted by Gasteiger charge is 2.53. The van der Waals surface area contributed by atoms with Crippen molar-refractivity contribution in [3.8, 4) is 22.4 Å². The van der Waals surface area contributed by atoms with Gasteiger partial charge in [-0.2, -0.15) is 0 Å². The molecule has 5 aromatic rings. The molecule has 0 radical (unpaired) electrons. The van der Waals surface area contributed by atoms with Gasteiger partial charge < -0.3 is 39.9 Å². The van der Waals surface area contributed by atoms with E-state index in [1.54, 1.807) is 11.0 Å². The predicted octanol–water partition coefficient (Wildman–Crippen LogP) is 9.24. The number of imidazole rings is 2. The van der Waals surface area contributed by atoms with Crippen molar-refractivity contribution < 1.29 is 33.0 Å². The second-order valence-electron chi connectivity index (χ2n) is 19.2. The van der Waals surface area contributed by atoms with E-state index in [0.717, 1.165) is 27.4 Å². The fourth-order valence-corrected chi connectivity index (χ4v) is 9.40. The number of methoxy groups -OCH3 is 2. The van der Waals surface area contributed by atoms with Gasteiger partial charge in [0.2, 0.25) is 11.8 Å². The normalized spacial score (nSPS) is 21.9. The Balaban J connectivity index is 1.13. The minimum absolute atomic E-state index is 0.00666. The van der Waals surface area contributed by atoms with E-state index >= 15 is 4.39 Å². The zero-order valence-electron chi connectivity index (χ0n) is 38.6. The number of carbonyl (C=O) groups is 4. The second-order valence-corrected chi connectivity index (χ2v) is 19.5. The van der Waals surface area contributed by atoms with Crippen LogP contribution in [0.25, 0.3) is 44.2 Å². The number of hydrogen-bond acceptors (Lipinski definition) is 8. The molecule has 0 aliphatic heterocycles. The smallest absolute Gasteiger partial charge is 0.407 e. The monoisotopic (exact) mass is 898 g/mol.